The van der Waals surface area contributed by atoms with Gasteiger partial charge in [0.2, 0.25) is 0 Å². The molecule has 2 aromatic carbocycles. The van der Waals surface area contributed by atoms with Crippen LogP contribution in [0, 0.1) is 5.82 Å². The van der Waals surface area contributed by atoms with E-state index in [4.69, 9.17) is 23.8 Å². The van der Waals surface area contributed by atoms with Gasteiger partial charge in [-0.3, -0.25) is 9.69 Å². The highest BCUT2D eigenvalue weighted by Crippen LogP contribution is 2.23. The lowest BCUT2D eigenvalue weighted by Crippen LogP contribution is -2.28. The number of rotatable bonds is 12. The summed E-state index contributed by atoms with van der Waals surface area (Å²) in [5.41, 5.74) is 5.73. The Bertz CT molecular complexity index is 1080. The van der Waals surface area contributed by atoms with Crippen molar-refractivity contribution in [1.29, 1.82) is 0 Å². The number of hydrogen-bond donors (Lipinski definition) is 1. The predicted molar refractivity (Wildman–Crippen MR) is 143 cm³/mol. The van der Waals surface area contributed by atoms with Crippen LogP contribution in [0.1, 0.15) is 38.2 Å². The summed E-state index contributed by atoms with van der Waals surface area (Å²) < 4.78 is 35.6. The number of nitrogens with zero attached hydrogens (tertiary/aromatic N) is 2. The molecule has 1 fully saturated rings. The molecule has 0 unspecified atom stereocenters. The van der Waals surface area contributed by atoms with E-state index >= 15 is 0 Å². The van der Waals surface area contributed by atoms with Gasteiger partial charge in [-0.2, -0.15) is 0 Å². The number of ether oxygens (including phenoxy) is 4. The third-order valence-electron chi connectivity index (χ3n) is 5.71. The second kappa shape index (κ2) is 15.5. The molecule has 0 radical (unpaired) electrons. The Balaban J connectivity index is 1.50. The third-order valence-corrected chi connectivity index (χ3v) is 5.71. The van der Waals surface area contributed by atoms with Crippen molar-refractivity contribution in [3.63, 3.8) is 0 Å². The lowest BCUT2D eigenvalue weighted by atomic mass is 10.1. The van der Waals surface area contributed by atoms with Crippen LogP contribution >= 0.6 is 0 Å². The van der Waals surface area contributed by atoms with Gasteiger partial charge in [-0.1, -0.05) is 12.1 Å². The van der Waals surface area contributed by atoms with Crippen molar-refractivity contribution in [2.75, 3.05) is 45.4 Å². The zero-order chi connectivity index (χ0) is 27.2. The molecule has 0 aromatic heterocycles. The molecule has 0 aliphatic carbocycles. The number of amidine groups is 1. The number of carbonyl (C=O) groups is 1. The fourth-order valence-electron chi connectivity index (χ4n) is 3.67. The summed E-state index contributed by atoms with van der Waals surface area (Å²) in [4.78, 5) is 23.2. The van der Waals surface area contributed by atoms with Gasteiger partial charge < -0.3 is 23.8 Å². The van der Waals surface area contributed by atoms with E-state index < -0.39 is 5.82 Å². The van der Waals surface area contributed by atoms with Crippen molar-refractivity contribution in [1.82, 2.24) is 5.48 Å². The van der Waals surface area contributed by atoms with Crippen LogP contribution in [0.15, 0.2) is 59.2 Å². The second-order valence-electron chi connectivity index (χ2n) is 8.55. The summed E-state index contributed by atoms with van der Waals surface area (Å²) in [5, 5.41) is 0. The fourth-order valence-corrected chi connectivity index (χ4v) is 3.67. The number of nitrogens with one attached hydrogen (secondary N) is 1. The van der Waals surface area contributed by atoms with Gasteiger partial charge in [-0.05, 0) is 49.5 Å². The molecular formula is C28H36FN3O6. The molecule has 0 spiro atoms. The van der Waals surface area contributed by atoms with E-state index in [1.165, 1.54) is 17.7 Å². The number of anilines is 1. The van der Waals surface area contributed by atoms with Gasteiger partial charge >= 0.3 is 5.97 Å². The molecule has 0 atom stereocenters. The normalized spacial score (nSPS) is 13.5. The van der Waals surface area contributed by atoms with Crippen molar-refractivity contribution in [3.05, 3.63) is 65.6 Å². The Morgan fingerprint density at radius 1 is 1.16 bits per heavy atom. The maximum absolute atomic E-state index is 14.1. The largest absolute Gasteiger partial charge is 0.489 e. The van der Waals surface area contributed by atoms with Crippen LogP contribution < -0.4 is 20.0 Å². The third kappa shape index (κ3) is 9.59. The Kier molecular flexibility index (Phi) is 11.7. The monoisotopic (exact) mass is 529 g/mol. The van der Waals surface area contributed by atoms with Crippen molar-refractivity contribution >= 4 is 17.7 Å². The van der Waals surface area contributed by atoms with Crippen LogP contribution in [-0.2, 0) is 25.6 Å². The second-order valence-corrected chi connectivity index (χ2v) is 8.55. The van der Waals surface area contributed by atoms with E-state index in [1.807, 2.05) is 36.2 Å². The number of hydrogen-bond acceptors (Lipinski definition) is 8. The minimum absolute atomic E-state index is 0.227. The van der Waals surface area contributed by atoms with Gasteiger partial charge in [0.15, 0.2) is 5.75 Å². The minimum atomic E-state index is -0.455. The SMILES string of the molecule is CCOC(=O)CCCN=C(OC)N(C)c1ccc(COc2cc(F)cc(ONC=C3CCOCC3)c2)cc1. The number of aliphatic imine (C=N–C) groups is 1. The Morgan fingerprint density at radius 3 is 2.61 bits per heavy atom. The standard InChI is InChI=1S/C28H36FN3O6/c1-4-36-27(33)6-5-13-30-28(34-3)32(2)24-9-7-22(8-10-24)20-37-25-16-23(29)17-26(18-25)38-31-19-21-11-14-35-15-12-21/h7-10,16-19,31H,4-6,11-15,20H2,1-3H3. The van der Waals surface area contributed by atoms with E-state index in [2.05, 4.69) is 10.5 Å². The maximum Gasteiger partial charge on any atom is 0.305 e. The average molecular weight is 530 g/mol. The van der Waals surface area contributed by atoms with E-state index in [0.29, 0.717) is 56.7 Å². The van der Waals surface area contributed by atoms with Crippen LogP contribution in [-0.4, -0.2) is 52.5 Å². The van der Waals surface area contributed by atoms with Gasteiger partial charge in [0.1, 0.15) is 18.2 Å². The first-order valence-corrected chi connectivity index (χ1v) is 12.7. The number of benzene rings is 2. The molecule has 3 rings (SSSR count). The van der Waals surface area contributed by atoms with Crippen LogP contribution in [0.3, 0.4) is 0 Å². The maximum atomic E-state index is 14.1. The summed E-state index contributed by atoms with van der Waals surface area (Å²) in [7, 11) is 3.40. The smallest absolute Gasteiger partial charge is 0.305 e. The average Bonchev–Trinajstić information content (AvgIpc) is 2.92. The Morgan fingerprint density at radius 2 is 1.89 bits per heavy atom. The predicted octanol–water partition coefficient (Wildman–Crippen LogP) is 4.76. The molecular weight excluding hydrogens is 493 g/mol. The quantitative estimate of drug-likeness (QED) is 0.138. The molecule has 1 heterocycles. The first-order valence-electron chi connectivity index (χ1n) is 12.7. The summed E-state index contributed by atoms with van der Waals surface area (Å²) in [6.07, 6.45) is 4.37. The lowest BCUT2D eigenvalue weighted by Gasteiger charge is -2.20. The number of carbonyl (C=O) groups excluding carboxylic acids is 1. The molecule has 2 aromatic rings. The number of hydroxylamine groups is 1. The number of esters is 1. The molecule has 0 saturated carbocycles. The van der Waals surface area contributed by atoms with Crippen molar-refractivity contribution in [2.24, 2.45) is 4.99 Å². The summed E-state index contributed by atoms with van der Waals surface area (Å²) in [6, 6.07) is 12.3. The van der Waals surface area contributed by atoms with Crippen LogP contribution in [0.25, 0.3) is 0 Å². The van der Waals surface area contributed by atoms with Gasteiger partial charge in [0, 0.05) is 50.1 Å². The van der Waals surface area contributed by atoms with Gasteiger partial charge in [0.05, 0.1) is 26.9 Å². The van der Waals surface area contributed by atoms with E-state index in [-0.39, 0.29) is 12.6 Å². The van der Waals surface area contributed by atoms with Gasteiger partial charge in [-0.25, -0.2) is 14.9 Å². The molecule has 206 valence electrons. The highest BCUT2D eigenvalue weighted by atomic mass is 19.1. The molecule has 1 aliphatic rings. The summed E-state index contributed by atoms with van der Waals surface area (Å²) in [6.45, 7) is 4.25. The van der Waals surface area contributed by atoms with Crippen LogP contribution in [0.2, 0.25) is 0 Å². The van der Waals surface area contributed by atoms with E-state index in [1.54, 1.807) is 26.3 Å². The molecule has 1 aliphatic heterocycles. The minimum Gasteiger partial charge on any atom is -0.489 e. The fraction of sp³-hybridized carbons (Fsp3) is 0.429. The highest BCUT2D eigenvalue weighted by molar-refractivity contribution is 5.91. The topological polar surface area (TPSA) is 90.9 Å². The molecule has 1 saturated heterocycles. The van der Waals surface area contributed by atoms with Crippen molar-refractivity contribution in [3.8, 4) is 11.5 Å². The zero-order valence-electron chi connectivity index (χ0n) is 22.2. The lowest BCUT2D eigenvalue weighted by molar-refractivity contribution is -0.143. The first-order chi connectivity index (χ1) is 18.5. The highest BCUT2D eigenvalue weighted by Gasteiger charge is 2.11. The molecule has 0 bridgehead atoms. The molecule has 0 amide bonds. The zero-order valence-corrected chi connectivity index (χ0v) is 22.2. The van der Waals surface area contributed by atoms with E-state index in [9.17, 15) is 9.18 Å². The van der Waals surface area contributed by atoms with Gasteiger partial charge in [0.25, 0.3) is 6.02 Å². The van der Waals surface area contributed by atoms with Crippen molar-refractivity contribution in [2.45, 2.75) is 39.2 Å². The summed E-state index contributed by atoms with van der Waals surface area (Å²) >= 11 is 0. The van der Waals surface area contributed by atoms with Crippen LogP contribution in [0.4, 0.5) is 10.1 Å². The molecule has 9 nitrogen and oxygen atoms in total. The molecule has 1 N–H and O–H groups in total. The number of methoxy groups -OCH3 is 1. The van der Waals surface area contributed by atoms with Crippen LogP contribution in [0.5, 0.6) is 11.5 Å². The molecule has 38 heavy (non-hydrogen) atoms. The molecule has 10 heteroatoms. The Labute approximate surface area is 223 Å². The van der Waals surface area contributed by atoms with Crippen molar-refractivity contribution < 1.29 is 33.0 Å². The first kappa shape index (κ1) is 28.8. The summed E-state index contributed by atoms with van der Waals surface area (Å²) in [5.74, 6) is -0.00819. The Hall–Kier alpha value is -3.79. The van der Waals surface area contributed by atoms with E-state index in [0.717, 1.165) is 24.1 Å². The number of halogens is 1. The van der Waals surface area contributed by atoms with Gasteiger partial charge in [-0.15, -0.1) is 0 Å².